The van der Waals surface area contributed by atoms with Crippen LogP contribution < -0.4 is 24.4 Å². The summed E-state index contributed by atoms with van der Waals surface area (Å²) in [6.07, 6.45) is 0. The molecule has 0 saturated carbocycles. The first-order valence-electron chi connectivity index (χ1n) is 10.8. The van der Waals surface area contributed by atoms with Crippen molar-refractivity contribution in [2.45, 2.75) is 6.92 Å². The lowest BCUT2D eigenvalue weighted by molar-refractivity contribution is -0.120. The number of carbonyl (C=O) groups is 2. The van der Waals surface area contributed by atoms with Crippen LogP contribution in [0.15, 0.2) is 72.4 Å². The fourth-order valence-electron chi connectivity index (χ4n) is 3.92. The fourth-order valence-corrected chi connectivity index (χ4v) is 3.92. The first-order chi connectivity index (χ1) is 16.6. The van der Waals surface area contributed by atoms with E-state index in [0.29, 0.717) is 48.3 Å². The fraction of sp³-hybridized carbons (Fsp3) is 0.154. The van der Waals surface area contributed by atoms with Crippen molar-refractivity contribution < 1.29 is 28.2 Å². The second-order valence-electron chi connectivity index (χ2n) is 7.59. The molecule has 2 amide bonds. The van der Waals surface area contributed by atoms with Crippen molar-refractivity contribution in [1.82, 2.24) is 0 Å². The summed E-state index contributed by atoms with van der Waals surface area (Å²) < 4.78 is 31.2. The lowest BCUT2D eigenvalue weighted by Crippen LogP contribution is -2.33. The SMILES string of the molecule is CCOc1ccc(C2=C(Nc3ccc4c(c3)OCCO4)C(=O)N(c3ccccc3F)C2=O)cc1. The van der Waals surface area contributed by atoms with Crippen LogP contribution in [0.25, 0.3) is 5.57 Å². The van der Waals surface area contributed by atoms with Gasteiger partial charge in [-0.2, -0.15) is 0 Å². The van der Waals surface area contributed by atoms with Crippen molar-refractivity contribution in [1.29, 1.82) is 0 Å². The summed E-state index contributed by atoms with van der Waals surface area (Å²) in [5.41, 5.74) is 1.08. The number of para-hydroxylation sites is 1. The van der Waals surface area contributed by atoms with Gasteiger partial charge in [0.05, 0.1) is 17.9 Å². The third-order valence-electron chi connectivity index (χ3n) is 5.44. The van der Waals surface area contributed by atoms with Crippen molar-refractivity contribution in [2.24, 2.45) is 0 Å². The number of carbonyl (C=O) groups excluding carboxylic acids is 2. The Morgan fingerprint density at radius 3 is 2.41 bits per heavy atom. The van der Waals surface area contributed by atoms with Crippen LogP contribution in [-0.2, 0) is 9.59 Å². The number of rotatable bonds is 6. The molecule has 2 heterocycles. The van der Waals surface area contributed by atoms with E-state index >= 15 is 0 Å². The number of imide groups is 1. The standard InChI is InChI=1S/C26H21FN2O5/c1-2-32-18-10-7-16(8-11-18)23-24(28-17-9-12-21-22(15-17)34-14-13-33-21)26(31)29(25(23)30)20-6-4-3-5-19(20)27/h3-12,15,28H,2,13-14H2,1H3. The summed E-state index contributed by atoms with van der Waals surface area (Å²) in [4.78, 5) is 27.8. The maximum absolute atomic E-state index is 14.6. The van der Waals surface area contributed by atoms with Crippen LogP contribution in [0, 0.1) is 5.82 Å². The highest BCUT2D eigenvalue weighted by Crippen LogP contribution is 2.37. The zero-order valence-electron chi connectivity index (χ0n) is 18.3. The number of hydrogen-bond acceptors (Lipinski definition) is 6. The van der Waals surface area contributed by atoms with Gasteiger partial charge in [-0.05, 0) is 48.9 Å². The largest absolute Gasteiger partial charge is 0.494 e. The molecule has 2 aliphatic heterocycles. The molecular weight excluding hydrogens is 439 g/mol. The quantitative estimate of drug-likeness (QED) is 0.550. The number of benzene rings is 3. The summed E-state index contributed by atoms with van der Waals surface area (Å²) in [5.74, 6) is -0.193. The van der Waals surface area contributed by atoms with Gasteiger partial charge in [-0.3, -0.25) is 9.59 Å². The highest BCUT2D eigenvalue weighted by atomic mass is 19.1. The second-order valence-corrected chi connectivity index (χ2v) is 7.59. The van der Waals surface area contributed by atoms with Gasteiger partial charge >= 0.3 is 0 Å². The number of hydrogen-bond donors (Lipinski definition) is 1. The number of anilines is 2. The van der Waals surface area contributed by atoms with Gasteiger partial charge in [0.25, 0.3) is 11.8 Å². The van der Waals surface area contributed by atoms with E-state index in [1.54, 1.807) is 48.5 Å². The lowest BCUT2D eigenvalue weighted by atomic mass is 10.0. The molecule has 8 heteroatoms. The molecule has 0 bridgehead atoms. The van der Waals surface area contributed by atoms with Crippen LogP contribution in [0.3, 0.4) is 0 Å². The number of halogens is 1. The number of ether oxygens (including phenoxy) is 3. The minimum Gasteiger partial charge on any atom is -0.494 e. The van der Waals surface area contributed by atoms with Crippen LogP contribution >= 0.6 is 0 Å². The van der Waals surface area contributed by atoms with Crippen LogP contribution in [0.5, 0.6) is 17.2 Å². The van der Waals surface area contributed by atoms with Gasteiger partial charge in [0.2, 0.25) is 0 Å². The van der Waals surface area contributed by atoms with Gasteiger partial charge in [0.15, 0.2) is 11.5 Å². The molecule has 0 aromatic heterocycles. The van der Waals surface area contributed by atoms with E-state index in [2.05, 4.69) is 5.32 Å². The second kappa shape index (κ2) is 8.90. The molecule has 0 aliphatic carbocycles. The van der Waals surface area contributed by atoms with Crippen molar-refractivity contribution in [3.63, 3.8) is 0 Å². The van der Waals surface area contributed by atoms with Crippen molar-refractivity contribution in [3.8, 4) is 17.2 Å². The summed E-state index contributed by atoms with van der Waals surface area (Å²) >= 11 is 0. The molecule has 7 nitrogen and oxygen atoms in total. The molecule has 1 N–H and O–H groups in total. The van der Waals surface area contributed by atoms with Gasteiger partial charge in [0.1, 0.15) is 30.5 Å². The minimum absolute atomic E-state index is 0.0362. The van der Waals surface area contributed by atoms with E-state index in [9.17, 15) is 14.0 Å². The summed E-state index contributed by atoms with van der Waals surface area (Å²) in [6.45, 7) is 3.24. The molecule has 3 aromatic rings. The topological polar surface area (TPSA) is 77.1 Å². The van der Waals surface area contributed by atoms with Gasteiger partial charge in [-0.15, -0.1) is 0 Å². The van der Waals surface area contributed by atoms with E-state index in [-0.39, 0.29) is 17.0 Å². The van der Waals surface area contributed by atoms with Crippen LogP contribution in [0.4, 0.5) is 15.8 Å². The van der Waals surface area contributed by atoms with E-state index in [4.69, 9.17) is 14.2 Å². The first kappa shape index (κ1) is 21.5. The Morgan fingerprint density at radius 2 is 1.68 bits per heavy atom. The molecule has 172 valence electrons. The Bertz CT molecular complexity index is 1300. The smallest absolute Gasteiger partial charge is 0.282 e. The highest BCUT2D eigenvalue weighted by Gasteiger charge is 2.41. The Morgan fingerprint density at radius 1 is 0.941 bits per heavy atom. The molecule has 0 saturated heterocycles. The Kier molecular flexibility index (Phi) is 5.63. The van der Waals surface area contributed by atoms with Gasteiger partial charge in [0, 0.05) is 11.8 Å². The van der Waals surface area contributed by atoms with E-state index in [1.807, 2.05) is 6.92 Å². The van der Waals surface area contributed by atoms with Crippen molar-refractivity contribution >= 4 is 28.8 Å². The minimum atomic E-state index is -0.671. The Labute approximate surface area is 195 Å². The van der Waals surface area contributed by atoms with Crippen molar-refractivity contribution in [2.75, 3.05) is 30.0 Å². The van der Waals surface area contributed by atoms with Gasteiger partial charge in [-0.25, -0.2) is 9.29 Å². The number of fused-ring (bicyclic) bond motifs is 1. The summed E-state index contributed by atoms with van der Waals surface area (Å²) in [7, 11) is 0. The molecule has 5 rings (SSSR count). The third-order valence-corrected chi connectivity index (χ3v) is 5.44. The molecule has 34 heavy (non-hydrogen) atoms. The highest BCUT2D eigenvalue weighted by molar-refractivity contribution is 6.46. The Balaban J connectivity index is 1.58. The zero-order valence-corrected chi connectivity index (χ0v) is 18.3. The predicted molar refractivity (Wildman–Crippen MR) is 124 cm³/mol. The normalized spacial score (nSPS) is 15.1. The number of nitrogens with zero attached hydrogens (tertiary/aromatic N) is 1. The van der Waals surface area contributed by atoms with Gasteiger partial charge in [-0.1, -0.05) is 24.3 Å². The molecule has 0 radical (unpaired) electrons. The molecule has 2 aliphatic rings. The zero-order chi connectivity index (χ0) is 23.7. The van der Waals surface area contributed by atoms with Crippen LogP contribution in [0.1, 0.15) is 12.5 Å². The molecular formula is C26H21FN2O5. The van der Waals surface area contributed by atoms with Crippen LogP contribution in [-0.4, -0.2) is 31.6 Å². The maximum atomic E-state index is 14.6. The molecule has 0 atom stereocenters. The monoisotopic (exact) mass is 460 g/mol. The molecule has 0 spiro atoms. The lowest BCUT2D eigenvalue weighted by Gasteiger charge is -2.19. The van der Waals surface area contributed by atoms with E-state index < -0.39 is 17.6 Å². The van der Waals surface area contributed by atoms with Crippen LogP contribution in [0.2, 0.25) is 0 Å². The van der Waals surface area contributed by atoms with Gasteiger partial charge < -0.3 is 19.5 Å². The third kappa shape index (κ3) is 3.83. The number of amides is 2. The predicted octanol–water partition coefficient (Wildman–Crippen LogP) is 4.39. The molecule has 0 fully saturated rings. The summed E-state index contributed by atoms with van der Waals surface area (Å²) in [5, 5.41) is 3.06. The summed E-state index contributed by atoms with van der Waals surface area (Å²) in [6, 6.07) is 17.6. The maximum Gasteiger partial charge on any atom is 0.282 e. The van der Waals surface area contributed by atoms with E-state index in [0.717, 1.165) is 4.90 Å². The average molecular weight is 460 g/mol. The number of nitrogens with one attached hydrogen (secondary N) is 1. The van der Waals surface area contributed by atoms with Crippen molar-refractivity contribution in [3.05, 3.63) is 83.8 Å². The molecule has 3 aromatic carbocycles. The molecule has 0 unspecified atom stereocenters. The first-order valence-corrected chi connectivity index (χ1v) is 10.8. The Hall–Kier alpha value is -4.33. The van der Waals surface area contributed by atoms with E-state index in [1.165, 1.54) is 18.2 Å². The average Bonchev–Trinajstić information content (AvgIpc) is 3.09.